The highest BCUT2D eigenvalue weighted by Crippen LogP contribution is 2.15. The number of nitrogens with two attached hydrogens (primary N) is 1. The van der Waals surface area contributed by atoms with E-state index in [1.165, 1.54) is 23.5 Å². The molecule has 0 fully saturated rings. The fourth-order valence-corrected chi connectivity index (χ4v) is 2.28. The van der Waals surface area contributed by atoms with Crippen molar-refractivity contribution in [3.63, 3.8) is 0 Å². The minimum atomic E-state index is -0.314. The largest absolute Gasteiger partial charge is 0.375 e. The van der Waals surface area contributed by atoms with Crippen molar-refractivity contribution in [1.29, 1.82) is 0 Å². The standard InChI is InChI=1S/C13H14FN3OS/c1-8(9-3-2-4-10(14)5-9)16-12(18)6-11-7-19-13(15)17-11/h2-5,7-8H,6H2,1H3,(H2,15,17)(H,16,18). The van der Waals surface area contributed by atoms with Gasteiger partial charge in [-0.25, -0.2) is 9.37 Å². The molecule has 3 N–H and O–H groups in total. The summed E-state index contributed by atoms with van der Waals surface area (Å²) in [7, 11) is 0. The Morgan fingerprint density at radius 2 is 2.37 bits per heavy atom. The van der Waals surface area contributed by atoms with Crippen molar-refractivity contribution < 1.29 is 9.18 Å². The molecule has 100 valence electrons. The summed E-state index contributed by atoms with van der Waals surface area (Å²) < 4.78 is 13.1. The first-order valence-corrected chi connectivity index (χ1v) is 6.67. The van der Waals surface area contributed by atoms with Crippen LogP contribution in [0, 0.1) is 5.82 Å². The topological polar surface area (TPSA) is 68.0 Å². The van der Waals surface area contributed by atoms with Crippen LogP contribution in [0.3, 0.4) is 0 Å². The summed E-state index contributed by atoms with van der Waals surface area (Å²) >= 11 is 1.30. The third-order valence-corrected chi connectivity index (χ3v) is 3.36. The Hall–Kier alpha value is -1.95. The second-order valence-corrected chi connectivity index (χ2v) is 5.09. The van der Waals surface area contributed by atoms with Gasteiger partial charge in [0.05, 0.1) is 18.2 Å². The molecule has 1 aromatic carbocycles. The van der Waals surface area contributed by atoms with Gasteiger partial charge >= 0.3 is 0 Å². The van der Waals surface area contributed by atoms with Crippen LogP contribution in [-0.4, -0.2) is 10.9 Å². The Bertz CT molecular complexity index is 585. The molecular formula is C13H14FN3OS. The van der Waals surface area contributed by atoms with Gasteiger partial charge < -0.3 is 11.1 Å². The molecule has 1 aromatic heterocycles. The first-order valence-electron chi connectivity index (χ1n) is 5.79. The van der Waals surface area contributed by atoms with Gasteiger partial charge in [0.15, 0.2) is 5.13 Å². The lowest BCUT2D eigenvalue weighted by molar-refractivity contribution is -0.121. The molecule has 0 aliphatic rings. The molecule has 6 heteroatoms. The van der Waals surface area contributed by atoms with Gasteiger partial charge in [-0.05, 0) is 24.6 Å². The number of rotatable bonds is 4. The molecule has 0 radical (unpaired) electrons. The molecule has 0 aliphatic carbocycles. The first kappa shape index (κ1) is 13.5. The molecule has 0 saturated carbocycles. The van der Waals surface area contributed by atoms with Gasteiger partial charge in [-0.1, -0.05) is 12.1 Å². The lowest BCUT2D eigenvalue weighted by Gasteiger charge is -2.13. The fourth-order valence-electron chi connectivity index (χ4n) is 1.72. The van der Waals surface area contributed by atoms with Gasteiger partial charge in [0, 0.05) is 5.38 Å². The number of hydrogen-bond donors (Lipinski definition) is 2. The normalized spacial score (nSPS) is 12.1. The number of benzene rings is 1. The number of thiazole rings is 1. The highest BCUT2D eigenvalue weighted by molar-refractivity contribution is 7.13. The quantitative estimate of drug-likeness (QED) is 0.902. The lowest BCUT2D eigenvalue weighted by atomic mass is 10.1. The number of anilines is 1. The number of halogens is 1. The summed E-state index contributed by atoms with van der Waals surface area (Å²) in [5.41, 5.74) is 6.87. The number of aromatic nitrogens is 1. The van der Waals surface area contributed by atoms with Crippen LogP contribution in [0.1, 0.15) is 24.2 Å². The smallest absolute Gasteiger partial charge is 0.226 e. The zero-order valence-electron chi connectivity index (χ0n) is 10.4. The summed E-state index contributed by atoms with van der Waals surface area (Å²) in [4.78, 5) is 15.8. The molecule has 2 aromatic rings. The Morgan fingerprint density at radius 1 is 1.58 bits per heavy atom. The molecule has 0 aliphatic heterocycles. The van der Waals surface area contributed by atoms with E-state index in [0.29, 0.717) is 10.8 Å². The zero-order chi connectivity index (χ0) is 13.8. The van der Waals surface area contributed by atoms with Crippen LogP contribution in [0.4, 0.5) is 9.52 Å². The van der Waals surface area contributed by atoms with E-state index >= 15 is 0 Å². The zero-order valence-corrected chi connectivity index (χ0v) is 11.2. The third-order valence-electron chi connectivity index (χ3n) is 2.64. The van der Waals surface area contributed by atoms with Crippen LogP contribution in [0.25, 0.3) is 0 Å². The van der Waals surface area contributed by atoms with Crippen molar-refractivity contribution in [2.75, 3.05) is 5.73 Å². The van der Waals surface area contributed by atoms with E-state index in [-0.39, 0.29) is 24.2 Å². The van der Waals surface area contributed by atoms with Gasteiger partial charge in [-0.15, -0.1) is 11.3 Å². The van der Waals surface area contributed by atoms with Crippen LogP contribution >= 0.6 is 11.3 Å². The van der Waals surface area contributed by atoms with Crippen LogP contribution in [0.15, 0.2) is 29.6 Å². The minimum absolute atomic E-state index is 0.165. The number of carbonyl (C=O) groups excluding carboxylic acids is 1. The average molecular weight is 279 g/mol. The summed E-state index contributed by atoms with van der Waals surface area (Å²) in [5, 5.41) is 5.00. The van der Waals surface area contributed by atoms with Gasteiger partial charge in [-0.3, -0.25) is 4.79 Å². The number of nitrogen functional groups attached to an aromatic ring is 1. The number of carbonyl (C=O) groups is 1. The van der Waals surface area contributed by atoms with Crippen LogP contribution in [0.5, 0.6) is 0 Å². The second kappa shape index (κ2) is 5.79. The van der Waals surface area contributed by atoms with Crippen molar-refractivity contribution in [2.24, 2.45) is 0 Å². The van der Waals surface area contributed by atoms with Crippen molar-refractivity contribution >= 4 is 22.4 Å². The predicted molar refractivity (Wildman–Crippen MR) is 73.2 cm³/mol. The van der Waals surface area contributed by atoms with Crippen molar-refractivity contribution in [1.82, 2.24) is 10.3 Å². The number of amides is 1. The highest BCUT2D eigenvalue weighted by atomic mass is 32.1. The van der Waals surface area contributed by atoms with E-state index in [0.717, 1.165) is 5.56 Å². The molecule has 1 atom stereocenters. The maximum atomic E-state index is 13.1. The fraction of sp³-hybridized carbons (Fsp3) is 0.231. The number of hydrogen-bond acceptors (Lipinski definition) is 4. The first-order chi connectivity index (χ1) is 9.04. The molecule has 0 spiro atoms. The van der Waals surface area contributed by atoms with Gasteiger partial charge in [0.25, 0.3) is 0 Å². The molecule has 19 heavy (non-hydrogen) atoms. The van der Waals surface area contributed by atoms with E-state index in [9.17, 15) is 9.18 Å². The molecule has 4 nitrogen and oxygen atoms in total. The Labute approximate surface area is 114 Å². The van der Waals surface area contributed by atoms with Gasteiger partial charge in [0.1, 0.15) is 5.82 Å². The lowest BCUT2D eigenvalue weighted by Crippen LogP contribution is -2.28. The number of nitrogens with one attached hydrogen (secondary N) is 1. The third kappa shape index (κ3) is 3.75. The second-order valence-electron chi connectivity index (χ2n) is 4.20. The maximum absolute atomic E-state index is 13.1. The van der Waals surface area contributed by atoms with E-state index in [1.54, 1.807) is 17.5 Å². The molecule has 0 saturated heterocycles. The monoisotopic (exact) mass is 279 g/mol. The summed E-state index contributed by atoms with van der Waals surface area (Å²) in [5.74, 6) is -0.479. The van der Waals surface area contributed by atoms with E-state index in [1.807, 2.05) is 6.92 Å². The maximum Gasteiger partial charge on any atom is 0.226 e. The highest BCUT2D eigenvalue weighted by Gasteiger charge is 2.12. The van der Waals surface area contributed by atoms with E-state index in [2.05, 4.69) is 10.3 Å². The van der Waals surface area contributed by atoms with Crippen molar-refractivity contribution in [3.05, 3.63) is 46.7 Å². The molecule has 2 rings (SSSR count). The average Bonchev–Trinajstić information content (AvgIpc) is 2.74. The van der Waals surface area contributed by atoms with Crippen molar-refractivity contribution in [2.45, 2.75) is 19.4 Å². The molecule has 1 unspecified atom stereocenters. The predicted octanol–water partition coefficient (Wildman–Crippen LogP) is 2.28. The summed E-state index contributed by atoms with van der Waals surface area (Å²) in [6.45, 7) is 1.81. The van der Waals surface area contributed by atoms with Gasteiger partial charge in [-0.2, -0.15) is 0 Å². The summed E-state index contributed by atoms with van der Waals surface area (Å²) in [6, 6.07) is 5.92. The van der Waals surface area contributed by atoms with Crippen LogP contribution < -0.4 is 11.1 Å². The van der Waals surface area contributed by atoms with Gasteiger partial charge in [0.2, 0.25) is 5.91 Å². The number of nitrogens with zero attached hydrogens (tertiary/aromatic N) is 1. The summed E-state index contributed by atoms with van der Waals surface area (Å²) in [6.07, 6.45) is 0.174. The molecular weight excluding hydrogens is 265 g/mol. The van der Waals surface area contributed by atoms with Crippen LogP contribution in [0.2, 0.25) is 0 Å². The minimum Gasteiger partial charge on any atom is -0.375 e. The molecule has 1 amide bonds. The Balaban J connectivity index is 1.95. The molecule has 1 heterocycles. The van der Waals surface area contributed by atoms with E-state index in [4.69, 9.17) is 5.73 Å². The van der Waals surface area contributed by atoms with E-state index < -0.39 is 0 Å². The van der Waals surface area contributed by atoms with Crippen molar-refractivity contribution in [3.8, 4) is 0 Å². The van der Waals surface area contributed by atoms with Crippen LogP contribution in [-0.2, 0) is 11.2 Å². The Morgan fingerprint density at radius 3 is 3.00 bits per heavy atom. The molecule has 0 bridgehead atoms. The Kier molecular flexibility index (Phi) is 4.11. The SMILES string of the molecule is CC(NC(=O)Cc1csc(N)n1)c1cccc(F)c1.